The van der Waals surface area contributed by atoms with E-state index in [9.17, 15) is 4.79 Å². The van der Waals surface area contributed by atoms with Crippen molar-refractivity contribution in [2.75, 3.05) is 12.4 Å². The molecule has 6 heteroatoms. The van der Waals surface area contributed by atoms with E-state index in [0.29, 0.717) is 23.0 Å². The third-order valence-electron chi connectivity index (χ3n) is 4.13. The molecule has 0 fully saturated rings. The van der Waals surface area contributed by atoms with Gasteiger partial charge in [0.05, 0.1) is 7.11 Å². The average molecular weight is 365 g/mol. The van der Waals surface area contributed by atoms with Crippen LogP contribution in [0.1, 0.15) is 23.6 Å². The molecular formula is C18H18Cl2N2O2. The van der Waals surface area contributed by atoms with E-state index >= 15 is 0 Å². The lowest BCUT2D eigenvalue weighted by molar-refractivity contribution is -0.141. The van der Waals surface area contributed by atoms with Crippen LogP contribution in [-0.2, 0) is 16.1 Å². The molecule has 0 aromatic heterocycles. The van der Waals surface area contributed by atoms with Gasteiger partial charge in [0.2, 0.25) is 0 Å². The van der Waals surface area contributed by atoms with E-state index < -0.39 is 6.04 Å². The second-order valence-corrected chi connectivity index (χ2v) is 6.57. The van der Waals surface area contributed by atoms with Crippen LogP contribution in [-0.4, -0.2) is 19.1 Å². The topological polar surface area (TPSA) is 50.4 Å². The summed E-state index contributed by atoms with van der Waals surface area (Å²) in [4.78, 5) is 12.0. The molecule has 2 aromatic rings. The Bertz CT molecular complexity index is 737. The SMILES string of the molecule is COC(=O)[C@H]1C[C@H](NCc2ccccc2)c2c(Cl)cc(Cl)cc2N1. The summed E-state index contributed by atoms with van der Waals surface area (Å²) in [5.41, 5.74) is 2.86. The van der Waals surface area contributed by atoms with Crippen LogP contribution < -0.4 is 10.6 Å². The molecule has 126 valence electrons. The molecule has 4 nitrogen and oxygen atoms in total. The van der Waals surface area contributed by atoms with Crippen LogP contribution in [0.4, 0.5) is 5.69 Å². The first-order chi connectivity index (χ1) is 11.6. The molecule has 0 amide bonds. The molecule has 0 saturated carbocycles. The summed E-state index contributed by atoms with van der Waals surface area (Å²) in [5.74, 6) is -0.303. The first-order valence-electron chi connectivity index (χ1n) is 7.69. The van der Waals surface area contributed by atoms with Crippen LogP contribution >= 0.6 is 23.2 Å². The van der Waals surface area contributed by atoms with Crippen LogP contribution in [0.3, 0.4) is 0 Å². The number of benzene rings is 2. The van der Waals surface area contributed by atoms with Crippen molar-refractivity contribution in [1.82, 2.24) is 5.32 Å². The van der Waals surface area contributed by atoms with E-state index in [1.54, 1.807) is 12.1 Å². The Morgan fingerprint density at radius 2 is 2.04 bits per heavy atom. The lowest BCUT2D eigenvalue weighted by Crippen LogP contribution is -2.40. The predicted octanol–water partition coefficient (Wildman–Crippen LogP) is 4.18. The van der Waals surface area contributed by atoms with E-state index in [1.807, 2.05) is 18.2 Å². The predicted molar refractivity (Wildman–Crippen MR) is 96.5 cm³/mol. The average Bonchev–Trinajstić information content (AvgIpc) is 2.59. The second-order valence-electron chi connectivity index (χ2n) is 5.72. The summed E-state index contributed by atoms with van der Waals surface area (Å²) in [5, 5.41) is 7.77. The summed E-state index contributed by atoms with van der Waals surface area (Å²) >= 11 is 12.5. The van der Waals surface area contributed by atoms with Crippen molar-refractivity contribution in [1.29, 1.82) is 0 Å². The molecule has 0 aliphatic carbocycles. The molecule has 0 saturated heterocycles. The molecule has 2 aromatic carbocycles. The molecule has 2 atom stereocenters. The van der Waals surface area contributed by atoms with Gasteiger partial charge in [-0.1, -0.05) is 53.5 Å². The standard InChI is InChI=1S/C18H18Cl2N2O2/c1-24-18(23)16-9-14(21-10-11-5-3-2-4-6-11)17-13(20)7-12(19)8-15(17)22-16/h2-8,14,16,21-22H,9-10H2,1H3/t14-,16+/m0/s1. The molecule has 1 heterocycles. The van der Waals surface area contributed by atoms with E-state index in [-0.39, 0.29) is 12.0 Å². The van der Waals surface area contributed by atoms with Gasteiger partial charge in [-0.15, -0.1) is 0 Å². The van der Waals surface area contributed by atoms with Gasteiger partial charge in [0, 0.05) is 33.9 Å². The van der Waals surface area contributed by atoms with Gasteiger partial charge in [0.25, 0.3) is 0 Å². The zero-order chi connectivity index (χ0) is 17.1. The molecule has 2 N–H and O–H groups in total. The smallest absolute Gasteiger partial charge is 0.328 e. The number of nitrogens with one attached hydrogen (secondary N) is 2. The second kappa shape index (κ2) is 7.43. The highest BCUT2D eigenvalue weighted by Crippen LogP contribution is 2.40. The Hall–Kier alpha value is -1.75. The summed E-state index contributed by atoms with van der Waals surface area (Å²) in [6, 6.07) is 13.1. The van der Waals surface area contributed by atoms with Crippen molar-refractivity contribution >= 4 is 34.9 Å². The number of ether oxygens (including phenoxy) is 1. The fraction of sp³-hybridized carbons (Fsp3) is 0.278. The maximum Gasteiger partial charge on any atom is 0.328 e. The van der Waals surface area contributed by atoms with Crippen molar-refractivity contribution in [3.63, 3.8) is 0 Å². The van der Waals surface area contributed by atoms with Gasteiger partial charge in [-0.25, -0.2) is 4.79 Å². The largest absolute Gasteiger partial charge is 0.467 e. The highest BCUT2D eigenvalue weighted by Gasteiger charge is 2.33. The molecule has 24 heavy (non-hydrogen) atoms. The van der Waals surface area contributed by atoms with E-state index in [1.165, 1.54) is 7.11 Å². The Labute approximate surface area is 151 Å². The Balaban J connectivity index is 1.88. The number of esters is 1. The summed E-state index contributed by atoms with van der Waals surface area (Å²) < 4.78 is 4.88. The number of carbonyl (C=O) groups is 1. The van der Waals surface area contributed by atoms with Crippen LogP contribution in [0, 0.1) is 0 Å². The van der Waals surface area contributed by atoms with Crippen LogP contribution in [0.15, 0.2) is 42.5 Å². The first-order valence-corrected chi connectivity index (χ1v) is 8.44. The van der Waals surface area contributed by atoms with Gasteiger partial charge in [-0.3, -0.25) is 0 Å². The number of fused-ring (bicyclic) bond motifs is 1. The maximum absolute atomic E-state index is 12.0. The minimum Gasteiger partial charge on any atom is -0.467 e. The number of carbonyl (C=O) groups excluding carboxylic acids is 1. The fourth-order valence-electron chi connectivity index (χ4n) is 2.98. The molecule has 0 spiro atoms. The molecule has 1 aliphatic heterocycles. The van der Waals surface area contributed by atoms with Gasteiger partial charge in [0.1, 0.15) is 6.04 Å². The number of rotatable bonds is 4. The molecule has 3 rings (SSSR count). The summed E-state index contributed by atoms with van der Waals surface area (Å²) in [6.07, 6.45) is 0.549. The Morgan fingerprint density at radius 1 is 1.29 bits per heavy atom. The maximum atomic E-state index is 12.0. The molecule has 0 bridgehead atoms. The molecule has 0 radical (unpaired) electrons. The van der Waals surface area contributed by atoms with Crippen LogP contribution in [0.5, 0.6) is 0 Å². The molecule has 1 aliphatic rings. The number of hydrogen-bond donors (Lipinski definition) is 2. The van der Waals surface area contributed by atoms with E-state index in [2.05, 4.69) is 22.8 Å². The minimum absolute atomic E-state index is 0.0738. The Kier molecular flexibility index (Phi) is 5.29. The minimum atomic E-state index is -0.440. The zero-order valence-corrected chi connectivity index (χ0v) is 14.7. The third kappa shape index (κ3) is 3.66. The van der Waals surface area contributed by atoms with Crippen molar-refractivity contribution in [2.45, 2.75) is 25.0 Å². The highest BCUT2D eigenvalue weighted by atomic mass is 35.5. The van der Waals surface area contributed by atoms with Gasteiger partial charge in [-0.2, -0.15) is 0 Å². The van der Waals surface area contributed by atoms with Gasteiger partial charge in [-0.05, 0) is 24.1 Å². The van der Waals surface area contributed by atoms with E-state index in [4.69, 9.17) is 27.9 Å². The number of hydrogen-bond acceptors (Lipinski definition) is 4. The molecule has 0 unspecified atom stereocenters. The summed E-state index contributed by atoms with van der Waals surface area (Å²) in [7, 11) is 1.39. The lowest BCUT2D eigenvalue weighted by Gasteiger charge is -2.33. The van der Waals surface area contributed by atoms with Gasteiger partial charge >= 0.3 is 5.97 Å². The lowest BCUT2D eigenvalue weighted by atomic mass is 9.92. The summed E-state index contributed by atoms with van der Waals surface area (Å²) in [6.45, 7) is 0.678. The van der Waals surface area contributed by atoms with Crippen molar-refractivity contribution in [3.8, 4) is 0 Å². The highest BCUT2D eigenvalue weighted by molar-refractivity contribution is 6.35. The zero-order valence-electron chi connectivity index (χ0n) is 13.2. The van der Waals surface area contributed by atoms with Crippen LogP contribution in [0.2, 0.25) is 10.0 Å². The van der Waals surface area contributed by atoms with Gasteiger partial charge < -0.3 is 15.4 Å². The van der Waals surface area contributed by atoms with Crippen LogP contribution in [0.25, 0.3) is 0 Å². The number of methoxy groups -OCH3 is 1. The fourth-order valence-corrected chi connectivity index (χ4v) is 3.60. The first kappa shape index (κ1) is 17.1. The number of halogens is 2. The Morgan fingerprint density at radius 3 is 2.75 bits per heavy atom. The third-order valence-corrected chi connectivity index (χ3v) is 4.66. The van der Waals surface area contributed by atoms with Crippen molar-refractivity contribution in [2.24, 2.45) is 0 Å². The number of anilines is 1. The quantitative estimate of drug-likeness (QED) is 0.798. The van der Waals surface area contributed by atoms with Crippen molar-refractivity contribution in [3.05, 3.63) is 63.6 Å². The molecular weight excluding hydrogens is 347 g/mol. The van der Waals surface area contributed by atoms with Crippen molar-refractivity contribution < 1.29 is 9.53 Å². The van der Waals surface area contributed by atoms with E-state index in [0.717, 1.165) is 16.8 Å². The monoisotopic (exact) mass is 364 g/mol. The normalized spacial score (nSPS) is 19.3. The van der Waals surface area contributed by atoms with Gasteiger partial charge in [0.15, 0.2) is 0 Å².